The molecule has 0 amide bonds. The number of fused-ring (bicyclic) bond motifs is 1. The van der Waals surface area contributed by atoms with E-state index in [0.29, 0.717) is 13.3 Å². The highest BCUT2D eigenvalue weighted by Crippen LogP contribution is 2.25. The van der Waals surface area contributed by atoms with E-state index in [4.69, 9.17) is 16.3 Å². The average molecular weight is 267 g/mol. The Labute approximate surface area is 113 Å². The van der Waals surface area contributed by atoms with Crippen molar-refractivity contribution in [2.75, 3.05) is 13.2 Å². The van der Waals surface area contributed by atoms with Gasteiger partial charge in [0.1, 0.15) is 6.73 Å². The number of halogens is 1. The Morgan fingerprint density at radius 3 is 2.89 bits per heavy atom. The van der Waals surface area contributed by atoms with Gasteiger partial charge in [-0.3, -0.25) is 0 Å². The molecule has 0 aliphatic heterocycles. The standard InChI is InChI=1S/C14H19ClN2O/c1-3-16-8-11-9-17(10-18-4-2)14-7-12(15)5-6-13(11)14/h5-7,9,16H,3-4,8,10H2,1-2H3. The molecular weight excluding hydrogens is 248 g/mol. The van der Waals surface area contributed by atoms with Crippen LogP contribution in [-0.2, 0) is 18.0 Å². The predicted molar refractivity (Wildman–Crippen MR) is 76.0 cm³/mol. The van der Waals surface area contributed by atoms with Crippen molar-refractivity contribution in [2.24, 2.45) is 0 Å². The van der Waals surface area contributed by atoms with Crippen molar-refractivity contribution in [2.45, 2.75) is 27.1 Å². The third-order valence-electron chi connectivity index (χ3n) is 2.93. The first kappa shape index (κ1) is 13.4. The minimum atomic E-state index is 0.569. The summed E-state index contributed by atoms with van der Waals surface area (Å²) in [6, 6.07) is 6.00. The van der Waals surface area contributed by atoms with Crippen LogP contribution in [-0.4, -0.2) is 17.7 Å². The molecule has 0 spiro atoms. The molecule has 3 nitrogen and oxygen atoms in total. The Kier molecular flexibility index (Phi) is 4.64. The van der Waals surface area contributed by atoms with E-state index >= 15 is 0 Å². The summed E-state index contributed by atoms with van der Waals surface area (Å²) in [4.78, 5) is 0. The quantitative estimate of drug-likeness (QED) is 0.867. The van der Waals surface area contributed by atoms with E-state index in [2.05, 4.69) is 29.1 Å². The summed E-state index contributed by atoms with van der Waals surface area (Å²) in [5.41, 5.74) is 2.41. The van der Waals surface area contributed by atoms with Gasteiger partial charge in [-0.25, -0.2) is 0 Å². The average Bonchev–Trinajstić information content (AvgIpc) is 2.71. The first-order valence-electron chi connectivity index (χ1n) is 6.32. The molecule has 0 aliphatic carbocycles. The molecule has 0 unspecified atom stereocenters. The first-order chi connectivity index (χ1) is 8.76. The van der Waals surface area contributed by atoms with E-state index < -0.39 is 0 Å². The maximum atomic E-state index is 6.07. The molecule has 0 aliphatic rings. The number of hydrogen-bond donors (Lipinski definition) is 1. The molecule has 18 heavy (non-hydrogen) atoms. The van der Waals surface area contributed by atoms with Crippen LogP contribution in [0.5, 0.6) is 0 Å². The second-order valence-electron chi connectivity index (χ2n) is 4.19. The van der Waals surface area contributed by atoms with Gasteiger partial charge in [-0.05, 0) is 31.2 Å². The van der Waals surface area contributed by atoms with Crippen LogP contribution in [0.25, 0.3) is 10.9 Å². The molecule has 0 saturated heterocycles. The summed E-state index contributed by atoms with van der Waals surface area (Å²) < 4.78 is 7.59. The Morgan fingerprint density at radius 1 is 1.33 bits per heavy atom. The highest BCUT2D eigenvalue weighted by atomic mass is 35.5. The first-order valence-corrected chi connectivity index (χ1v) is 6.69. The molecule has 0 atom stereocenters. The van der Waals surface area contributed by atoms with Gasteiger partial charge < -0.3 is 14.6 Å². The van der Waals surface area contributed by atoms with E-state index in [-0.39, 0.29) is 0 Å². The van der Waals surface area contributed by atoms with Gasteiger partial charge in [0.25, 0.3) is 0 Å². The zero-order valence-electron chi connectivity index (χ0n) is 10.9. The molecule has 0 saturated carbocycles. The number of benzene rings is 1. The summed E-state index contributed by atoms with van der Waals surface area (Å²) in [6.07, 6.45) is 2.14. The van der Waals surface area contributed by atoms with E-state index in [0.717, 1.165) is 23.6 Å². The topological polar surface area (TPSA) is 26.2 Å². The van der Waals surface area contributed by atoms with Gasteiger partial charge in [-0.1, -0.05) is 24.6 Å². The van der Waals surface area contributed by atoms with Crippen molar-refractivity contribution >= 4 is 22.5 Å². The van der Waals surface area contributed by atoms with Crippen molar-refractivity contribution in [3.05, 3.63) is 35.0 Å². The molecule has 2 rings (SSSR count). The molecule has 1 aromatic heterocycles. The Morgan fingerprint density at radius 2 is 2.17 bits per heavy atom. The lowest BCUT2D eigenvalue weighted by molar-refractivity contribution is 0.0908. The number of ether oxygens (including phenoxy) is 1. The molecule has 0 bridgehead atoms. The summed E-state index contributed by atoms with van der Waals surface area (Å²) in [6.45, 7) is 7.22. The Hall–Kier alpha value is -1.03. The van der Waals surface area contributed by atoms with Crippen LogP contribution in [0, 0.1) is 0 Å². The largest absolute Gasteiger partial charge is 0.361 e. The highest BCUT2D eigenvalue weighted by molar-refractivity contribution is 6.31. The molecular formula is C14H19ClN2O. The molecule has 98 valence electrons. The van der Waals surface area contributed by atoms with E-state index in [1.807, 2.05) is 19.1 Å². The minimum Gasteiger partial charge on any atom is -0.361 e. The lowest BCUT2D eigenvalue weighted by atomic mass is 10.2. The van der Waals surface area contributed by atoms with Crippen molar-refractivity contribution in [3.8, 4) is 0 Å². The zero-order chi connectivity index (χ0) is 13.0. The van der Waals surface area contributed by atoms with Crippen LogP contribution in [0.15, 0.2) is 24.4 Å². The van der Waals surface area contributed by atoms with Crippen molar-refractivity contribution < 1.29 is 4.74 Å². The zero-order valence-corrected chi connectivity index (χ0v) is 11.6. The molecule has 1 heterocycles. The Balaban J connectivity index is 2.39. The maximum absolute atomic E-state index is 6.07. The molecule has 0 radical (unpaired) electrons. The lowest BCUT2D eigenvalue weighted by Gasteiger charge is -2.04. The fourth-order valence-electron chi connectivity index (χ4n) is 2.04. The smallest absolute Gasteiger partial charge is 0.122 e. The normalized spacial score (nSPS) is 11.3. The number of rotatable bonds is 6. The molecule has 1 N–H and O–H groups in total. The van der Waals surface area contributed by atoms with E-state index in [1.165, 1.54) is 10.9 Å². The van der Waals surface area contributed by atoms with Crippen LogP contribution >= 0.6 is 11.6 Å². The number of hydrogen-bond acceptors (Lipinski definition) is 2. The summed E-state index contributed by atoms with van der Waals surface area (Å²) in [5.74, 6) is 0. The van der Waals surface area contributed by atoms with Gasteiger partial charge in [0.15, 0.2) is 0 Å². The fourth-order valence-corrected chi connectivity index (χ4v) is 2.20. The Bertz CT molecular complexity index is 522. The second-order valence-corrected chi connectivity index (χ2v) is 4.62. The number of nitrogens with zero attached hydrogens (tertiary/aromatic N) is 1. The number of aromatic nitrogens is 1. The van der Waals surface area contributed by atoms with E-state index in [9.17, 15) is 0 Å². The maximum Gasteiger partial charge on any atom is 0.122 e. The highest BCUT2D eigenvalue weighted by Gasteiger charge is 2.08. The van der Waals surface area contributed by atoms with Gasteiger partial charge in [0, 0.05) is 29.8 Å². The molecule has 1 aromatic carbocycles. The van der Waals surface area contributed by atoms with Gasteiger partial charge in [0.2, 0.25) is 0 Å². The SMILES string of the molecule is CCNCc1cn(COCC)c2cc(Cl)ccc12. The van der Waals surface area contributed by atoms with Crippen LogP contribution in [0.2, 0.25) is 5.02 Å². The monoisotopic (exact) mass is 266 g/mol. The van der Waals surface area contributed by atoms with Crippen molar-refractivity contribution in [1.82, 2.24) is 9.88 Å². The van der Waals surface area contributed by atoms with Crippen molar-refractivity contribution in [3.63, 3.8) is 0 Å². The van der Waals surface area contributed by atoms with Gasteiger partial charge in [-0.15, -0.1) is 0 Å². The second kappa shape index (κ2) is 6.23. The van der Waals surface area contributed by atoms with E-state index in [1.54, 1.807) is 0 Å². The third-order valence-corrected chi connectivity index (χ3v) is 3.16. The van der Waals surface area contributed by atoms with Gasteiger partial charge in [-0.2, -0.15) is 0 Å². The lowest BCUT2D eigenvalue weighted by Crippen LogP contribution is -2.11. The number of nitrogens with one attached hydrogen (secondary N) is 1. The van der Waals surface area contributed by atoms with Crippen LogP contribution in [0.3, 0.4) is 0 Å². The van der Waals surface area contributed by atoms with Crippen LogP contribution in [0.1, 0.15) is 19.4 Å². The predicted octanol–water partition coefficient (Wildman–Crippen LogP) is 3.40. The minimum absolute atomic E-state index is 0.569. The third kappa shape index (κ3) is 2.86. The molecule has 2 aromatic rings. The van der Waals surface area contributed by atoms with Crippen molar-refractivity contribution in [1.29, 1.82) is 0 Å². The van der Waals surface area contributed by atoms with Gasteiger partial charge in [0.05, 0.1) is 5.52 Å². The van der Waals surface area contributed by atoms with Crippen LogP contribution in [0.4, 0.5) is 0 Å². The summed E-state index contributed by atoms with van der Waals surface area (Å²) in [5, 5.41) is 5.35. The molecule has 0 fully saturated rings. The fraction of sp³-hybridized carbons (Fsp3) is 0.429. The summed E-state index contributed by atoms with van der Waals surface area (Å²) in [7, 11) is 0. The molecule has 4 heteroatoms. The summed E-state index contributed by atoms with van der Waals surface area (Å²) >= 11 is 6.07. The van der Waals surface area contributed by atoms with Gasteiger partial charge >= 0.3 is 0 Å². The van der Waals surface area contributed by atoms with Crippen LogP contribution < -0.4 is 5.32 Å².